The Morgan fingerprint density at radius 3 is 2.76 bits per heavy atom. The fourth-order valence-corrected chi connectivity index (χ4v) is 5.01. The quantitative estimate of drug-likeness (QED) is 0.544. The number of ether oxygens (including phenoxy) is 3. The number of aliphatic imine (C=N–C) groups is 1. The fraction of sp³-hybridized carbons (Fsp3) is 0.250. The molecule has 29 heavy (non-hydrogen) atoms. The number of methoxy groups -OCH3 is 1. The summed E-state index contributed by atoms with van der Waals surface area (Å²) in [5.74, 6) is 3.59. The molecule has 2 aliphatic rings. The van der Waals surface area contributed by atoms with Crippen molar-refractivity contribution in [3.8, 4) is 28.7 Å². The molecule has 0 aliphatic carbocycles. The molecule has 0 N–H and O–H groups in total. The molecule has 0 amide bonds. The first-order chi connectivity index (χ1) is 14.3. The second kappa shape index (κ2) is 8.00. The largest absolute Gasteiger partial charge is 0.497 e. The minimum atomic E-state index is 0.239. The van der Waals surface area contributed by atoms with E-state index in [0.29, 0.717) is 22.1 Å². The van der Waals surface area contributed by atoms with Crippen molar-refractivity contribution in [2.75, 3.05) is 26.2 Å². The highest BCUT2D eigenvalue weighted by atomic mass is 32.2. The highest BCUT2D eigenvalue weighted by Crippen LogP contribution is 2.36. The number of fused-ring (bicyclic) bond motifs is 1. The summed E-state index contributed by atoms with van der Waals surface area (Å²) in [6, 6.07) is 13.6. The lowest BCUT2D eigenvalue weighted by molar-refractivity contribution is 0.174. The molecule has 1 aromatic heterocycles. The van der Waals surface area contributed by atoms with Crippen LogP contribution in [0.4, 0.5) is 0 Å². The summed E-state index contributed by atoms with van der Waals surface area (Å²) in [6.45, 7) is 1.02. The highest BCUT2D eigenvalue weighted by molar-refractivity contribution is 8.16. The van der Waals surface area contributed by atoms with Crippen molar-refractivity contribution >= 4 is 28.6 Å². The number of thioether (sulfide) groups is 2. The van der Waals surface area contributed by atoms with Crippen LogP contribution in [0.2, 0.25) is 0 Å². The molecule has 2 aliphatic heterocycles. The van der Waals surface area contributed by atoms with E-state index in [9.17, 15) is 0 Å². The maximum atomic E-state index is 5.81. The molecule has 9 heteroatoms. The molecule has 3 heterocycles. The first-order valence-corrected chi connectivity index (χ1v) is 10.9. The molecule has 0 unspecified atom stereocenters. The van der Waals surface area contributed by atoms with E-state index in [2.05, 4.69) is 15.2 Å². The molecule has 0 bridgehead atoms. The number of rotatable bonds is 6. The van der Waals surface area contributed by atoms with Crippen molar-refractivity contribution in [3.63, 3.8) is 0 Å². The predicted octanol–water partition coefficient (Wildman–Crippen LogP) is 4.13. The molecular weight excluding hydrogens is 410 g/mol. The Morgan fingerprint density at radius 2 is 1.90 bits per heavy atom. The van der Waals surface area contributed by atoms with Gasteiger partial charge in [0.1, 0.15) is 5.75 Å². The topological polar surface area (TPSA) is 79.0 Å². The average molecular weight is 428 g/mol. The highest BCUT2D eigenvalue weighted by Gasteiger charge is 2.22. The van der Waals surface area contributed by atoms with Crippen LogP contribution < -0.4 is 14.2 Å². The zero-order valence-corrected chi connectivity index (χ0v) is 17.2. The monoisotopic (exact) mass is 427 g/mol. The van der Waals surface area contributed by atoms with Crippen LogP contribution in [-0.2, 0) is 0 Å². The molecule has 0 saturated heterocycles. The summed E-state index contributed by atoms with van der Waals surface area (Å²) in [7, 11) is 1.67. The van der Waals surface area contributed by atoms with E-state index in [1.54, 1.807) is 30.6 Å². The lowest BCUT2D eigenvalue weighted by Crippen LogP contribution is -2.06. The van der Waals surface area contributed by atoms with Crippen LogP contribution >= 0.6 is 23.5 Å². The van der Waals surface area contributed by atoms with Gasteiger partial charge in [-0.25, -0.2) is 0 Å². The molecule has 7 nitrogen and oxygen atoms in total. The third-order valence-electron chi connectivity index (χ3n) is 4.47. The molecule has 2 aromatic carbocycles. The standard InChI is InChI=1S/C20H17N3O4S2/c1-24-14-5-2-12(3-6-14)19-21-9-15(29-19)10-28-20-23-22-18(27-20)13-4-7-16-17(8-13)26-11-25-16/h2-8,15H,9-11H2,1H3/t15-/m1/s1. The zero-order chi connectivity index (χ0) is 19.6. The minimum Gasteiger partial charge on any atom is -0.497 e. The van der Waals surface area contributed by atoms with Crippen LogP contribution in [0.1, 0.15) is 5.56 Å². The number of nitrogens with zero attached hydrogens (tertiary/aromatic N) is 3. The smallest absolute Gasteiger partial charge is 0.276 e. The lowest BCUT2D eigenvalue weighted by Gasteiger charge is -2.06. The summed E-state index contributed by atoms with van der Waals surface area (Å²) in [6.07, 6.45) is 0. The molecule has 3 aromatic rings. The molecule has 1 atom stereocenters. The van der Waals surface area contributed by atoms with E-state index in [4.69, 9.17) is 18.6 Å². The average Bonchev–Trinajstić information content (AvgIpc) is 3.52. The first-order valence-electron chi connectivity index (χ1n) is 9.00. The molecule has 0 radical (unpaired) electrons. The van der Waals surface area contributed by atoms with Crippen LogP contribution in [0, 0.1) is 0 Å². The maximum absolute atomic E-state index is 5.81. The van der Waals surface area contributed by atoms with Crippen molar-refractivity contribution in [2.45, 2.75) is 10.5 Å². The van der Waals surface area contributed by atoms with Gasteiger partial charge in [0.15, 0.2) is 11.5 Å². The number of benzene rings is 2. The SMILES string of the molecule is COc1ccc(C2=NC[C@H](CSc3nnc(-c4ccc5c(c4)OCO5)o3)S2)cc1. The fourth-order valence-electron chi connectivity index (χ4n) is 2.98. The van der Waals surface area contributed by atoms with E-state index >= 15 is 0 Å². The normalized spacial score (nSPS) is 17.4. The summed E-state index contributed by atoms with van der Waals surface area (Å²) < 4.78 is 21.8. The molecule has 148 valence electrons. The second-order valence-corrected chi connectivity index (χ2v) is 8.63. The van der Waals surface area contributed by atoms with Gasteiger partial charge in [0.2, 0.25) is 12.7 Å². The van der Waals surface area contributed by atoms with Crippen molar-refractivity contribution < 1.29 is 18.6 Å². The van der Waals surface area contributed by atoms with Gasteiger partial charge in [0.05, 0.1) is 18.7 Å². The van der Waals surface area contributed by atoms with Gasteiger partial charge in [0, 0.05) is 22.1 Å². The van der Waals surface area contributed by atoms with Gasteiger partial charge in [-0.3, -0.25) is 4.99 Å². The summed E-state index contributed by atoms with van der Waals surface area (Å²) in [5, 5.41) is 10.3. The van der Waals surface area contributed by atoms with E-state index < -0.39 is 0 Å². The van der Waals surface area contributed by atoms with Gasteiger partial charge >= 0.3 is 0 Å². The first kappa shape index (κ1) is 18.4. The Labute approximate surface area is 175 Å². The van der Waals surface area contributed by atoms with Crippen LogP contribution in [-0.4, -0.2) is 46.7 Å². The minimum absolute atomic E-state index is 0.239. The van der Waals surface area contributed by atoms with Gasteiger partial charge in [-0.2, -0.15) is 0 Å². The molecular formula is C20H17N3O4S2. The van der Waals surface area contributed by atoms with Crippen molar-refractivity contribution in [1.29, 1.82) is 0 Å². The van der Waals surface area contributed by atoms with Gasteiger partial charge in [0.25, 0.3) is 5.22 Å². The Kier molecular flexibility index (Phi) is 5.07. The molecule has 0 saturated carbocycles. The summed E-state index contributed by atoms with van der Waals surface area (Å²) in [5.41, 5.74) is 1.93. The summed E-state index contributed by atoms with van der Waals surface area (Å²) >= 11 is 3.33. The van der Waals surface area contributed by atoms with Crippen LogP contribution in [0.5, 0.6) is 17.2 Å². The zero-order valence-electron chi connectivity index (χ0n) is 15.5. The third-order valence-corrected chi connectivity index (χ3v) is 6.90. The van der Waals surface area contributed by atoms with Gasteiger partial charge < -0.3 is 18.6 Å². The number of hydrogen-bond acceptors (Lipinski definition) is 9. The molecule has 0 fully saturated rings. The van der Waals surface area contributed by atoms with Crippen molar-refractivity contribution in [3.05, 3.63) is 48.0 Å². The number of aromatic nitrogens is 2. The van der Waals surface area contributed by atoms with Crippen LogP contribution in [0.15, 0.2) is 57.1 Å². The third kappa shape index (κ3) is 3.92. The van der Waals surface area contributed by atoms with E-state index in [-0.39, 0.29) is 6.79 Å². The van der Waals surface area contributed by atoms with E-state index in [1.165, 1.54) is 0 Å². The van der Waals surface area contributed by atoms with Gasteiger partial charge in [-0.15, -0.1) is 22.0 Å². The Hall–Kier alpha value is -2.65. The van der Waals surface area contributed by atoms with Crippen LogP contribution in [0.25, 0.3) is 11.5 Å². The molecule has 0 spiro atoms. The maximum Gasteiger partial charge on any atom is 0.276 e. The van der Waals surface area contributed by atoms with E-state index in [0.717, 1.165) is 40.0 Å². The predicted molar refractivity (Wildman–Crippen MR) is 112 cm³/mol. The molecule has 5 rings (SSSR count). The number of hydrogen-bond donors (Lipinski definition) is 0. The van der Waals surface area contributed by atoms with Crippen molar-refractivity contribution in [2.24, 2.45) is 4.99 Å². The van der Waals surface area contributed by atoms with E-state index in [1.807, 2.05) is 42.5 Å². The lowest BCUT2D eigenvalue weighted by atomic mass is 10.2. The van der Waals surface area contributed by atoms with Crippen molar-refractivity contribution in [1.82, 2.24) is 10.2 Å². The Balaban J connectivity index is 1.18. The van der Waals surface area contributed by atoms with Gasteiger partial charge in [-0.05, 0) is 42.5 Å². The van der Waals surface area contributed by atoms with Gasteiger partial charge in [-0.1, -0.05) is 11.8 Å². The summed E-state index contributed by atoms with van der Waals surface area (Å²) in [4.78, 5) is 4.67. The second-order valence-electron chi connectivity index (χ2n) is 6.37. The van der Waals surface area contributed by atoms with Crippen LogP contribution in [0.3, 0.4) is 0 Å². The Bertz CT molecular complexity index is 1050. The Morgan fingerprint density at radius 1 is 1.07 bits per heavy atom.